The van der Waals surface area contributed by atoms with Crippen LogP contribution in [0.4, 0.5) is 5.69 Å². The maximum Gasteiger partial charge on any atom is 0.0403 e. The van der Waals surface area contributed by atoms with Gasteiger partial charge in [0.25, 0.3) is 0 Å². The molecule has 1 aromatic rings. The second-order valence-corrected chi connectivity index (χ2v) is 3.73. The summed E-state index contributed by atoms with van der Waals surface area (Å²) in [6.45, 7) is 2.18. The van der Waals surface area contributed by atoms with Gasteiger partial charge >= 0.3 is 0 Å². The number of rotatable bonds is 0. The van der Waals surface area contributed by atoms with Crippen LogP contribution in [0.2, 0.25) is 0 Å². The van der Waals surface area contributed by atoms with Crippen LogP contribution in [-0.4, -0.2) is 19.1 Å². The molecule has 0 spiro atoms. The molecule has 2 nitrogen and oxygen atoms in total. The molecule has 2 heteroatoms. The van der Waals surface area contributed by atoms with E-state index < -0.39 is 0 Å². The molecule has 2 atom stereocenters. The molecule has 2 aliphatic rings. The smallest absolute Gasteiger partial charge is 0.0403 e. The van der Waals surface area contributed by atoms with Gasteiger partial charge in [0.2, 0.25) is 0 Å². The average Bonchev–Trinajstić information content (AvgIpc) is 2.62. The second kappa shape index (κ2) is 2.02. The molecule has 12 heavy (non-hydrogen) atoms. The highest BCUT2D eigenvalue weighted by Gasteiger charge is 2.39. The van der Waals surface area contributed by atoms with Crippen LogP contribution in [0, 0.1) is 0 Å². The standard InChI is InChI=1S/C10H12N2/c11-9-6-12-5-8(9)7-3-1-2-4-10(7)12/h1-4,8-9H,5-6,11H2. The first-order valence-corrected chi connectivity index (χ1v) is 4.46. The number of para-hydroxylation sites is 1. The molecule has 62 valence electrons. The predicted octanol–water partition coefficient (Wildman–Crippen LogP) is 0.931. The van der Waals surface area contributed by atoms with Gasteiger partial charge in [0.05, 0.1) is 0 Å². The topological polar surface area (TPSA) is 29.3 Å². The zero-order valence-corrected chi connectivity index (χ0v) is 6.90. The van der Waals surface area contributed by atoms with Crippen molar-refractivity contribution < 1.29 is 0 Å². The summed E-state index contributed by atoms with van der Waals surface area (Å²) >= 11 is 0. The third-order valence-corrected chi connectivity index (χ3v) is 3.04. The molecule has 1 aromatic carbocycles. The lowest BCUT2D eigenvalue weighted by molar-refractivity contribution is 0.650. The van der Waals surface area contributed by atoms with Crippen molar-refractivity contribution in [3.05, 3.63) is 29.8 Å². The SMILES string of the molecule is NC1CN2CC1c1ccccc12. The minimum absolute atomic E-state index is 0.361. The van der Waals surface area contributed by atoms with Crippen LogP contribution in [0.1, 0.15) is 11.5 Å². The van der Waals surface area contributed by atoms with Crippen molar-refractivity contribution in [1.29, 1.82) is 0 Å². The van der Waals surface area contributed by atoms with E-state index in [1.165, 1.54) is 11.3 Å². The van der Waals surface area contributed by atoms with Gasteiger partial charge in [-0.25, -0.2) is 0 Å². The quantitative estimate of drug-likeness (QED) is 0.611. The molecule has 2 N–H and O–H groups in total. The lowest BCUT2D eigenvalue weighted by Gasteiger charge is -2.22. The third-order valence-electron chi connectivity index (χ3n) is 3.04. The van der Waals surface area contributed by atoms with Crippen LogP contribution in [0.15, 0.2) is 24.3 Å². The van der Waals surface area contributed by atoms with Gasteiger partial charge in [-0.1, -0.05) is 18.2 Å². The predicted molar refractivity (Wildman–Crippen MR) is 49.4 cm³/mol. The molecular formula is C10H12N2. The van der Waals surface area contributed by atoms with Crippen LogP contribution >= 0.6 is 0 Å². The van der Waals surface area contributed by atoms with Crippen molar-refractivity contribution in [2.75, 3.05) is 18.0 Å². The lowest BCUT2D eigenvalue weighted by Crippen LogP contribution is -2.32. The Bertz CT molecular complexity index is 321. The summed E-state index contributed by atoms with van der Waals surface area (Å²) in [4.78, 5) is 2.39. The molecule has 3 rings (SSSR count). The van der Waals surface area contributed by atoms with Gasteiger partial charge in [0.1, 0.15) is 0 Å². The van der Waals surface area contributed by atoms with Gasteiger partial charge in [0.15, 0.2) is 0 Å². The summed E-state index contributed by atoms with van der Waals surface area (Å²) in [5.41, 5.74) is 8.85. The van der Waals surface area contributed by atoms with Gasteiger partial charge in [-0.2, -0.15) is 0 Å². The van der Waals surface area contributed by atoms with Crippen LogP contribution in [0.25, 0.3) is 0 Å². The Morgan fingerprint density at radius 2 is 2.08 bits per heavy atom. The molecule has 0 amide bonds. The maximum absolute atomic E-state index is 5.99. The summed E-state index contributed by atoms with van der Waals surface area (Å²) in [6.07, 6.45) is 0. The van der Waals surface area contributed by atoms with Crippen molar-refractivity contribution in [1.82, 2.24) is 0 Å². The van der Waals surface area contributed by atoms with E-state index in [1.54, 1.807) is 0 Å². The Morgan fingerprint density at radius 1 is 1.25 bits per heavy atom. The first kappa shape index (κ1) is 6.49. The first-order chi connectivity index (χ1) is 5.86. The van der Waals surface area contributed by atoms with E-state index in [1.807, 2.05) is 0 Å². The average molecular weight is 160 g/mol. The fraction of sp³-hybridized carbons (Fsp3) is 0.400. The molecule has 2 bridgehead atoms. The molecule has 2 aliphatic heterocycles. The highest BCUT2D eigenvalue weighted by Crippen LogP contribution is 2.42. The molecule has 0 aliphatic carbocycles. The van der Waals surface area contributed by atoms with E-state index in [9.17, 15) is 0 Å². The number of fused-ring (bicyclic) bond motifs is 5. The Kier molecular flexibility index (Phi) is 1.09. The normalized spacial score (nSPS) is 30.9. The van der Waals surface area contributed by atoms with Gasteiger partial charge in [-0.15, -0.1) is 0 Å². The minimum Gasteiger partial charge on any atom is -0.369 e. The van der Waals surface area contributed by atoms with Gasteiger partial charge < -0.3 is 10.6 Å². The van der Waals surface area contributed by atoms with Crippen molar-refractivity contribution in [2.45, 2.75) is 12.0 Å². The van der Waals surface area contributed by atoms with Crippen LogP contribution in [0.3, 0.4) is 0 Å². The number of hydrogen-bond donors (Lipinski definition) is 1. The van der Waals surface area contributed by atoms with E-state index in [0.717, 1.165) is 13.1 Å². The van der Waals surface area contributed by atoms with Gasteiger partial charge in [0, 0.05) is 30.7 Å². The Morgan fingerprint density at radius 3 is 3.00 bits per heavy atom. The summed E-state index contributed by atoms with van der Waals surface area (Å²) in [5.74, 6) is 0.598. The molecule has 0 aromatic heterocycles. The fourth-order valence-electron chi connectivity index (χ4n) is 2.44. The maximum atomic E-state index is 5.99. The summed E-state index contributed by atoms with van der Waals surface area (Å²) < 4.78 is 0. The second-order valence-electron chi connectivity index (χ2n) is 3.73. The summed E-state index contributed by atoms with van der Waals surface area (Å²) in [5, 5.41) is 0. The number of nitrogens with zero attached hydrogens (tertiary/aromatic N) is 1. The fourth-order valence-corrected chi connectivity index (χ4v) is 2.44. The molecule has 1 fully saturated rings. The number of hydrogen-bond acceptors (Lipinski definition) is 2. The van der Waals surface area contributed by atoms with E-state index in [2.05, 4.69) is 29.2 Å². The number of benzene rings is 1. The zero-order valence-electron chi connectivity index (χ0n) is 6.90. The van der Waals surface area contributed by atoms with Gasteiger partial charge in [-0.3, -0.25) is 0 Å². The van der Waals surface area contributed by atoms with E-state index in [-0.39, 0.29) is 0 Å². The van der Waals surface area contributed by atoms with Crippen LogP contribution in [0.5, 0.6) is 0 Å². The molecule has 0 radical (unpaired) electrons. The molecule has 2 heterocycles. The monoisotopic (exact) mass is 160 g/mol. The zero-order chi connectivity index (χ0) is 8.13. The summed E-state index contributed by atoms with van der Waals surface area (Å²) in [7, 11) is 0. The summed E-state index contributed by atoms with van der Waals surface area (Å²) in [6, 6.07) is 8.97. The first-order valence-electron chi connectivity index (χ1n) is 4.46. The Labute approximate surface area is 72.0 Å². The largest absolute Gasteiger partial charge is 0.369 e. The number of anilines is 1. The number of nitrogens with two attached hydrogens (primary N) is 1. The molecular weight excluding hydrogens is 148 g/mol. The Balaban J connectivity index is 2.17. The molecule has 1 saturated heterocycles. The third kappa shape index (κ3) is 0.636. The lowest BCUT2D eigenvalue weighted by atomic mass is 9.94. The van der Waals surface area contributed by atoms with Crippen molar-refractivity contribution in [3.8, 4) is 0 Å². The minimum atomic E-state index is 0.361. The van der Waals surface area contributed by atoms with Crippen molar-refractivity contribution in [2.24, 2.45) is 5.73 Å². The van der Waals surface area contributed by atoms with Crippen molar-refractivity contribution >= 4 is 5.69 Å². The molecule has 0 saturated carbocycles. The van der Waals surface area contributed by atoms with Gasteiger partial charge in [-0.05, 0) is 11.6 Å². The van der Waals surface area contributed by atoms with Crippen LogP contribution in [-0.2, 0) is 0 Å². The Hall–Kier alpha value is -1.02. The van der Waals surface area contributed by atoms with Crippen LogP contribution < -0.4 is 10.6 Å². The highest BCUT2D eigenvalue weighted by molar-refractivity contribution is 5.63. The van der Waals surface area contributed by atoms with Crippen molar-refractivity contribution in [3.63, 3.8) is 0 Å². The molecule has 2 unspecified atom stereocenters. The highest BCUT2D eigenvalue weighted by atomic mass is 15.2. The van der Waals surface area contributed by atoms with E-state index in [4.69, 9.17) is 5.73 Å². The van der Waals surface area contributed by atoms with E-state index >= 15 is 0 Å². The van der Waals surface area contributed by atoms with E-state index in [0.29, 0.717) is 12.0 Å².